The Hall–Kier alpha value is -1.42. The topological polar surface area (TPSA) is 49.3 Å². The molecule has 0 aliphatic heterocycles. The first-order valence-electron chi connectivity index (χ1n) is 7.31. The number of hydrogen-bond donors (Lipinski definition) is 2. The normalized spacial score (nSPS) is 22.5. The third-order valence-electron chi connectivity index (χ3n) is 4.17. The van der Waals surface area contributed by atoms with Crippen LogP contribution in [0.25, 0.3) is 0 Å². The van der Waals surface area contributed by atoms with Gasteiger partial charge in [0, 0.05) is 13.2 Å². The minimum absolute atomic E-state index is 0.0726. The fourth-order valence-corrected chi connectivity index (χ4v) is 2.92. The van der Waals surface area contributed by atoms with E-state index >= 15 is 0 Å². The smallest absolute Gasteiger partial charge is 0.224 e. The molecule has 1 aliphatic carbocycles. The van der Waals surface area contributed by atoms with Crippen molar-refractivity contribution in [2.45, 2.75) is 32.1 Å². The molecule has 0 spiro atoms. The SMILES string of the molecule is O=C(Cc1ccccc1F)NCC1CCCCC1CO. The van der Waals surface area contributed by atoms with Gasteiger partial charge in [-0.2, -0.15) is 0 Å². The van der Waals surface area contributed by atoms with E-state index < -0.39 is 0 Å². The number of carbonyl (C=O) groups excluding carboxylic acids is 1. The van der Waals surface area contributed by atoms with Crippen molar-refractivity contribution in [3.8, 4) is 0 Å². The van der Waals surface area contributed by atoms with Gasteiger partial charge >= 0.3 is 0 Å². The molecule has 0 radical (unpaired) electrons. The van der Waals surface area contributed by atoms with E-state index in [9.17, 15) is 14.3 Å². The molecule has 3 nitrogen and oxygen atoms in total. The monoisotopic (exact) mass is 279 g/mol. The van der Waals surface area contributed by atoms with Crippen molar-refractivity contribution in [3.05, 3.63) is 35.6 Å². The van der Waals surface area contributed by atoms with Gasteiger partial charge in [0.25, 0.3) is 0 Å². The summed E-state index contributed by atoms with van der Waals surface area (Å²) in [5.74, 6) is 0.141. The first kappa shape index (κ1) is 15.0. The molecule has 20 heavy (non-hydrogen) atoms. The van der Waals surface area contributed by atoms with Gasteiger partial charge in [-0.15, -0.1) is 0 Å². The summed E-state index contributed by atoms with van der Waals surface area (Å²) >= 11 is 0. The Morgan fingerprint density at radius 3 is 2.65 bits per heavy atom. The van der Waals surface area contributed by atoms with E-state index in [1.807, 2.05) is 0 Å². The summed E-state index contributed by atoms with van der Waals surface area (Å²) in [5, 5.41) is 12.2. The Morgan fingerprint density at radius 1 is 1.25 bits per heavy atom. The van der Waals surface area contributed by atoms with Crippen LogP contribution < -0.4 is 5.32 Å². The number of benzene rings is 1. The van der Waals surface area contributed by atoms with E-state index in [4.69, 9.17) is 0 Å². The summed E-state index contributed by atoms with van der Waals surface area (Å²) in [4.78, 5) is 11.9. The Labute approximate surface area is 119 Å². The number of nitrogens with one attached hydrogen (secondary N) is 1. The third-order valence-corrected chi connectivity index (χ3v) is 4.17. The van der Waals surface area contributed by atoms with Crippen LogP contribution in [-0.2, 0) is 11.2 Å². The molecule has 2 rings (SSSR count). The zero-order valence-electron chi connectivity index (χ0n) is 11.6. The van der Waals surface area contributed by atoms with Crippen LogP contribution in [0.3, 0.4) is 0 Å². The number of aliphatic hydroxyl groups excluding tert-OH is 1. The fourth-order valence-electron chi connectivity index (χ4n) is 2.92. The van der Waals surface area contributed by atoms with E-state index in [-0.39, 0.29) is 30.7 Å². The largest absolute Gasteiger partial charge is 0.396 e. The zero-order valence-corrected chi connectivity index (χ0v) is 11.6. The maximum atomic E-state index is 13.4. The van der Waals surface area contributed by atoms with Crippen molar-refractivity contribution >= 4 is 5.91 Å². The van der Waals surface area contributed by atoms with Gasteiger partial charge in [-0.05, 0) is 36.3 Å². The van der Waals surface area contributed by atoms with Crippen LogP contribution >= 0.6 is 0 Å². The van der Waals surface area contributed by atoms with Gasteiger partial charge in [0.2, 0.25) is 5.91 Å². The highest BCUT2D eigenvalue weighted by atomic mass is 19.1. The van der Waals surface area contributed by atoms with Crippen molar-refractivity contribution < 1.29 is 14.3 Å². The molecule has 0 heterocycles. The number of halogens is 1. The molecule has 0 saturated heterocycles. The lowest BCUT2D eigenvalue weighted by Gasteiger charge is -2.30. The second-order valence-corrected chi connectivity index (χ2v) is 5.56. The molecule has 2 atom stereocenters. The molecular formula is C16H22FNO2. The van der Waals surface area contributed by atoms with Gasteiger partial charge in [-0.1, -0.05) is 31.0 Å². The van der Waals surface area contributed by atoms with Gasteiger partial charge in [-0.25, -0.2) is 4.39 Å². The molecule has 110 valence electrons. The molecule has 2 N–H and O–H groups in total. The van der Waals surface area contributed by atoms with E-state index in [0.717, 1.165) is 25.7 Å². The Morgan fingerprint density at radius 2 is 1.95 bits per heavy atom. The molecule has 1 aliphatic rings. The van der Waals surface area contributed by atoms with E-state index in [1.54, 1.807) is 18.2 Å². The quantitative estimate of drug-likeness (QED) is 0.868. The molecule has 0 bridgehead atoms. The summed E-state index contributed by atoms with van der Waals surface area (Å²) in [7, 11) is 0. The Bertz CT molecular complexity index is 450. The molecule has 0 aromatic heterocycles. The molecule has 4 heteroatoms. The second kappa shape index (κ2) is 7.39. The highest BCUT2D eigenvalue weighted by Gasteiger charge is 2.24. The minimum Gasteiger partial charge on any atom is -0.396 e. The zero-order chi connectivity index (χ0) is 14.4. The summed E-state index contributed by atoms with van der Waals surface area (Å²) in [5.41, 5.74) is 0.423. The van der Waals surface area contributed by atoms with Gasteiger partial charge in [0.1, 0.15) is 5.82 Å². The van der Waals surface area contributed by atoms with Crippen LogP contribution in [-0.4, -0.2) is 24.2 Å². The van der Waals surface area contributed by atoms with E-state index in [0.29, 0.717) is 18.0 Å². The highest BCUT2D eigenvalue weighted by molar-refractivity contribution is 5.78. The fraction of sp³-hybridized carbons (Fsp3) is 0.562. The molecule has 1 aromatic rings. The molecule has 1 saturated carbocycles. The van der Waals surface area contributed by atoms with E-state index in [2.05, 4.69) is 5.32 Å². The van der Waals surface area contributed by atoms with Gasteiger partial charge in [0.05, 0.1) is 6.42 Å². The minimum atomic E-state index is -0.339. The lowest BCUT2D eigenvalue weighted by atomic mass is 9.79. The van der Waals surface area contributed by atoms with Gasteiger partial charge < -0.3 is 10.4 Å². The number of amides is 1. The first-order valence-corrected chi connectivity index (χ1v) is 7.31. The maximum Gasteiger partial charge on any atom is 0.224 e. The predicted molar refractivity (Wildman–Crippen MR) is 75.6 cm³/mol. The van der Waals surface area contributed by atoms with Crippen LogP contribution in [0, 0.1) is 17.7 Å². The predicted octanol–water partition coefficient (Wildman–Crippen LogP) is 2.28. The lowest BCUT2D eigenvalue weighted by molar-refractivity contribution is -0.120. The van der Waals surface area contributed by atoms with E-state index in [1.165, 1.54) is 6.07 Å². The average Bonchev–Trinajstić information content (AvgIpc) is 2.48. The van der Waals surface area contributed by atoms with Crippen molar-refractivity contribution in [1.82, 2.24) is 5.32 Å². The van der Waals surface area contributed by atoms with Crippen LogP contribution in [0.15, 0.2) is 24.3 Å². The maximum absolute atomic E-state index is 13.4. The summed E-state index contributed by atoms with van der Waals surface area (Å²) in [6.45, 7) is 0.770. The van der Waals surface area contributed by atoms with Gasteiger partial charge in [-0.3, -0.25) is 4.79 Å². The molecule has 2 unspecified atom stereocenters. The summed E-state index contributed by atoms with van der Waals surface area (Å²) in [6, 6.07) is 6.34. The van der Waals surface area contributed by atoms with Gasteiger partial charge in [0.15, 0.2) is 0 Å². The number of aliphatic hydroxyl groups is 1. The van der Waals surface area contributed by atoms with Crippen LogP contribution in [0.1, 0.15) is 31.2 Å². The molecule has 1 aromatic carbocycles. The standard InChI is InChI=1S/C16H22FNO2/c17-15-8-4-3-5-12(15)9-16(20)18-10-13-6-1-2-7-14(13)11-19/h3-5,8,13-14,19H,1-2,6-7,9-11H2,(H,18,20). The second-order valence-electron chi connectivity index (χ2n) is 5.56. The van der Waals surface area contributed by atoms with Crippen molar-refractivity contribution in [2.24, 2.45) is 11.8 Å². The van der Waals surface area contributed by atoms with Crippen LogP contribution in [0.4, 0.5) is 4.39 Å². The number of carbonyl (C=O) groups is 1. The molecule has 1 fully saturated rings. The van der Waals surface area contributed by atoms with Crippen LogP contribution in [0.2, 0.25) is 0 Å². The lowest BCUT2D eigenvalue weighted by Crippen LogP contribution is -2.36. The number of rotatable bonds is 5. The first-order chi connectivity index (χ1) is 9.70. The summed E-state index contributed by atoms with van der Waals surface area (Å²) in [6.07, 6.45) is 4.47. The molecule has 1 amide bonds. The van der Waals surface area contributed by atoms with Crippen molar-refractivity contribution in [1.29, 1.82) is 0 Å². The summed E-state index contributed by atoms with van der Waals surface area (Å²) < 4.78 is 13.4. The molecular weight excluding hydrogens is 257 g/mol. The Kier molecular flexibility index (Phi) is 5.53. The van der Waals surface area contributed by atoms with Crippen LogP contribution in [0.5, 0.6) is 0 Å². The Balaban J connectivity index is 1.81. The third kappa shape index (κ3) is 4.04. The highest BCUT2D eigenvalue weighted by Crippen LogP contribution is 2.29. The van der Waals surface area contributed by atoms with Crippen molar-refractivity contribution in [2.75, 3.05) is 13.2 Å². The van der Waals surface area contributed by atoms with Crippen molar-refractivity contribution in [3.63, 3.8) is 0 Å². The average molecular weight is 279 g/mol. The number of hydrogen-bond acceptors (Lipinski definition) is 2.